The molecule has 0 spiro atoms. The van der Waals surface area contributed by atoms with E-state index in [4.69, 9.17) is 17.6 Å². The topological polar surface area (TPSA) is 190 Å². The summed E-state index contributed by atoms with van der Waals surface area (Å²) in [6.07, 6.45) is 0. The van der Waals surface area contributed by atoms with Gasteiger partial charge in [0, 0.05) is 0 Å². The minimum Gasteiger partial charge on any atom is -0.395 e. The molecule has 0 aliphatic heterocycles. The monoisotopic (exact) mass is 296 g/mol. The van der Waals surface area contributed by atoms with E-state index in [2.05, 4.69) is 55.8 Å². The van der Waals surface area contributed by atoms with Gasteiger partial charge in [-0.1, -0.05) is 5.10 Å². The number of H-pyrrole nitrogens is 1. The third-order valence-corrected chi connectivity index (χ3v) is 2.19. The average molecular weight is 296 g/mol. The Balaban J connectivity index is 1.82. The van der Waals surface area contributed by atoms with E-state index in [-0.39, 0.29) is 35.6 Å². The average Bonchev–Trinajstić information content (AvgIpc) is 3.14. The van der Waals surface area contributed by atoms with Gasteiger partial charge < -0.3 is 10.6 Å². The minimum absolute atomic E-state index is 0.00141. The summed E-state index contributed by atoms with van der Waals surface area (Å²) in [4.78, 5) is 10.5. The van der Waals surface area contributed by atoms with Crippen LogP contribution < -0.4 is 11.1 Å². The predicted molar refractivity (Wildman–Crippen MR) is 67.6 cm³/mol. The van der Waals surface area contributed by atoms with E-state index in [1.54, 1.807) is 6.07 Å². The number of anilines is 3. The van der Waals surface area contributed by atoms with Crippen LogP contribution in [0.2, 0.25) is 0 Å². The second-order valence-electron chi connectivity index (χ2n) is 3.56. The van der Waals surface area contributed by atoms with Gasteiger partial charge in [-0.3, -0.25) is 5.32 Å². The normalized spacial score (nSPS) is 9.91. The molecule has 0 fully saturated rings. The summed E-state index contributed by atoms with van der Waals surface area (Å²) in [5.74, 6) is -0.159. The molecule has 0 aliphatic carbocycles. The smallest absolute Gasteiger partial charge is 0.359 e. The van der Waals surface area contributed by atoms with Crippen molar-refractivity contribution in [1.29, 1.82) is 5.26 Å². The van der Waals surface area contributed by atoms with Gasteiger partial charge in [0.1, 0.15) is 6.07 Å². The molecule has 0 saturated heterocycles. The highest BCUT2D eigenvalue weighted by Gasteiger charge is 2.13. The molecule has 3 aromatic rings. The molecule has 3 aromatic heterocycles. The van der Waals surface area contributed by atoms with Crippen LogP contribution in [0, 0.1) is 17.9 Å². The van der Waals surface area contributed by atoms with Crippen LogP contribution in [0.1, 0.15) is 5.82 Å². The number of aromatic nitrogens is 10. The molecular weight excluding hydrogens is 292 g/mol. The molecule has 22 heavy (non-hydrogen) atoms. The van der Waals surface area contributed by atoms with Crippen molar-refractivity contribution in [3.8, 4) is 12.0 Å². The van der Waals surface area contributed by atoms with E-state index in [1.807, 2.05) is 0 Å². The number of rotatable bonds is 3. The lowest BCUT2D eigenvalue weighted by Crippen LogP contribution is -2.11. The Kier molecular flexibility index (Phi) is 2.95. The Hall–Kier alpha value is -4.20. The van der Waals surface area contributed by atoms with Gasteiger partial charge in [-0.05, 0) is 0 Å². The minimum atomic E-state index is -0.129. The molecule has 0 saturated carbocycles. The van der Waals surface area contributed by atoms with Crippen molar-refractivity contribution >= 4 is 23.8 Å². The van der Waals surface area contributed by atoms with Crippen LogP contribution in [0.15, 0.2) is 0 Å². The fraction of sp³-hybridized carbons (Fsp3) is 0. The van der Waals surface area contributed by atoms with Crippen LogP contribution in [-0.4, -0.2) is 50.3 Å². The number of hydrogen-bond acceptors (Lipinski definition) is 11. The molecule has 3 heterocycles. The highest BCUT2D eigenvalue weighted by atomic mass is 15.5. The van der Waals surface area contributed by atoms with Gasteiger partial charge >= 0.3 is 11.9 Å². The van der Waals surface area contributed by atoms with Gasteiger partial charge in [-0.25, -0.2) is 5.10 Å². The first kappa shape index (κ1) is 12.8. The number of nitrogens with two attached hydrogens (primary N) is 1. The Labute approximate surface area is 120 Å². The van der Waals surface area contributed by atoms with E-state index in [0.29, 0.717) is 0 Å². The van der Waals surface area contributed by atoms with Gasteiger partial charge in [0.15, 0.2) is 0 Å². The second kappa shape index (κ2) is 5.06. The Morgan fingerprint density at radius 2 is 2.00 bits per heavy atom. The van der Waals surface area contributed by atoms with E-state index in [0.717, 1.165) is 4.68 Å². The van der Waals surface area contributed by atoms with Crippen molar-refractivity contribution in [3.63, 3.8) is 0 Å². The van der Waals surface area contributed by atoms with Gasteiger partial charge in [0.05, 0.1) is 0 Å². The molecule has 0 amide bonds. The molecule has 14 nitrogen and oxygen atoms in total. The Morgan fingerprint density at radius 1 is 1.23 bits per heavy atom. The second-order valence-corrected chi connectivity index (χ2v) is 3.56. The molecule has 106 valence electrons. The molecule has 14 heteroatoms. The van der Waals surface area contributed by atoms with Crippen molar-refractivity contribution in [3.05, 3.63) is 17.2 Å². The SMILES string of the molecule is [C-]#[N+]c1nc(Nc2nnc(-n3nc(C#N)nc3N)nn2)n[nH]1. The van der Waals surface area contributed by atoms with Crippen molar-refractivity contribution in [2.75, 3.05) is 11.1 Å². The Morgan fingerprint density at radius 3 is 2.59 bits per heavy atom. The van der Waals surface area contributed by atoms with Crippen LogP contribution in [0.25, 0.3) is 10.8 Å². The molecule has 0 unspecified atom stereocenters. The van der Waals surface area contributed by atoms with Crippen LogP contribution in [0.5, 0.6) is 0 Å². The third kappa shape index (κ3) is 2.30. The first-order valence-corrected chi connectivity index (χ1v) is 5.47. The van der Waals surface area contributed by atoms with Crippen molar-refractivity contribution < 1.29 is 0 Å². The lowest BCUT2D eigenvalue weighted by Gasteiger charge is -1.99. The van der Waals surface area contributed by atoms with Crippen LogP contribution in [0.3, 0.4) is 0 Å². The maximum absolute atomic E-state index is 8.69. The standard InChI is InChI=1S/C8H4N14/c1-11-5-13-6(16-15-5)14-7-17-19-8(20-18-7)22-4(10)12-3(2-9)21-22/h(H2,10,12,21)(H2,13,14,15,16,17,18). The number of aromatic amines is 1. The van der Waals surface area contributed by atoms with Gasteiger partial charge in [0.2, 0.25) is 5.95 Å². The zero-order valence-electron chi connectivity index (χ0n) is 10.5. The predicted octanol–water partition coefficient (Wildman–Crippen LogP) is -1.29. The summed E-state index contributed by atoms with van der Waals surface area (Å²) in [5, 5.41) is 36.1. The van der Waals surface area contributed by atoms with Crippen LogP contribution >= 0.6 is 0 Å². The van der Waals surface area contributed by atoms with E-state index >= 15 is 0 Å². The summed E-state index contributed by atoms with van der Waals surface area (Å²) >= 11 is 0. The fourth-order valence-electron chi connectivity index (χ4n) is 1.34. The van der Waals surface area contributed by atoms with E-state index < -0.39 is 0 Å². The molecule has 0 radical (unpaired) electrons. The Bertz CT molecular complexity index is 888. The van der Waals surface area contributed by atoms with Gasteiger partial charge in [0.25, 0.3) is 17.7 Å². The summed E-state index contributed by atoms with van der Waals surface area (Å²) in [6, 6.07) is 1.73. The number of nitriles is 1. The molecule has 0 atom stereocenters. The van der Waals surface area contributed by atoms with Crippen molar-refractivity contribution in [1.82, 2.24) is 50.3 Å². The van der Waals surface area contributed by atoms with Crippen molar-refractivity contribution in [2.24, 2.45) is 0 Å². The quantitative estimate of drug-likeness (QED) is 0.487. The zero-order chi connectivity index (χ0) is 15.5. The lowest BCUT2D eigenvalue weighted by atomic mass is 10.7. The number of nitrogen functional groups attached to an aromatic ring is 1. The maximum atomic E-state index is 8.69. The first-order valence-electron chi connectivity index (χ1n) is 5.47. The molecule has 0 aromatic carbocycles. The van der Waals surface area contributed by atoms with Crippen molar-refractivity contribution in [2.45, 2.75) is 0 Å². The van der Waals surface area contributed by atoms with E-state index in [1.165, 1.54) is 0 Å². The summed E-state index contributed by atoms with van der Waals surface area (Å²) in [6.45, 7) is 6.76. The highest BCUT2D eigenvalue weighted by molar-refractivity contribution is 5.43. The summed E-state index contributed by atoms with van der Waals surface area (Å²) < 4.78 is 1.02. The first-order chi connectivity index (χ1) is 10.7. The zero-order valence-corrected chi connectivity index (χ0v) is 10.5. The molecule has 0 aliphatic rings. The molecule has 4 N–H and O–H groups in total. The molecular formula is C8H4N14. The molecule has 3 rings (SSSR count). The summed E-state index contributed by atoms with van der Waals surface area (Å²) in [5.41, 5.74) is 5.56. The fourth-order valence-corrected chi connectivity index (χ4v) is 1.34. The van der Waals surface area contributed by atoms with Crippen LogP contribution in [0.4, 0.5) is 23.8 Å². The third-order valence-electron chi connectivity index (χ3n) is 2.19. The number of hydrogen-bond donors (Lipinski definition) is 3. The van der Waals surface area contributed by atoms with Gasteiger partial charge in [-0.2, -0.15) is 14.9 Å². The maximum Gasteiger partial charge on any atom is 0.359 e. The van der Waals surface area contributed by atoms with E-state index in [9.17, 15) is 0 Å². The molecule has 0 bridgehead atoms. The number of nitrogens with one attached hydrogen (secondary N) is 2. The largest absolute Gasteiger partial charge is 0.395 e. The van der Waals surface area contributed by atoms with Crippen LogP contribution in [-0.2, 0) is 0 Å². The highest BCUT2D eigenvalue weighted by Crippen LogP contribution is 2.10. The summed E-state index contributed by atoms with van der Waals surface area (Å²) in [7, 11) is 0. The van der Waals surface area contributed by atoms with Gasteiger partial charge in [-0.15, -0.1) is 37.0 Å². The number of nitrogens with zero attached hydrogens (tertiary/aromatic N) is 11. The lowest BCUT2D eigenvalue weighted by molar-refractivity contribution is 0.736.